The Morgan fingerprint density at radius 2 is 1.95 bits per heavy atom. The maximum Gasteiger partial charge on any atom is 0.118 e. The number of rotatable bonds is 5. The van der Waals surface area contributed by atoms with Crippen LogP contribution in [0, 0.1) is 0 Å². The molecule has 0 bridgehead atoms. The van der Waals surface area contributed by atoms with Crippen LogP contribution in [0.15, 0.2) is 36.4 Å². The number of ether oxygens (including phenoxy) is 1. The molecule has 0 radical (unpaired) electrons. The second kappa shape index (κ2) is 5.79. The van der Waals surface area contributed by atoms with Gasteiger partial charge in [-0.25, -0.2) is 0 Å². The molecule has 0 aliphatic heterocycles. The average Bonchev–Trinajstić information content (AvgIpc) is 3.31. The van der Waals surface area contributed by atoms with Gasteiger partial charge in [0.05, 0.1) is 7.11 Å². The van der Waals surface area contributed by atoms with Crippen molar-refractivity contribution in [1.29, 1.82) is 0 Å². The van der Waals surface area contributed by atoms with Crippen molar-refractivity contribution in [2.75, 3.05) is 7.11 Å². The molecule has 0 amide bonds. The molecular weight excluding hydrogens is 234 g/mol. The number of allylic oxidation sites excluding steroid dienone is 1. The highest BCUT2D eigenvalue weighted by Crippen LogP contribution is 2.33. The van der Waals surface area contributed by atoms with Crippen LogP contribution in [0.4, 0.5) is 0 Å². The number of methoxy groups -OCH3 is 1. The third kappa shape index (κ3) is 3.19. The topological polar surface area (TPSA) is 12.5 Å². The third-order valence-electron chi connectivity index (χ3n) is 4.19. The first-order valence-corrected chi connectivity index (χ1v) is 7.42. The van der Waals surface area contributed by atoms with Crippen molar-refractivity contribution in [3.63, 3.8) is 0 Å². The fraction of sp³-hybridized carbons (Fsp3) is 0.529. The number of hydrogen-bond donors (Lipinski definition) is 0. The standard InChI is InChI=1S/C17H23NO/c1-19-17-11-7-14(8-12-17)13-18(16-9-10-16)15-5-3-2-4-6-15/h3,5,7-8,11-12,15-16H,2,4,6,9-10,13H2,1H3. The predicted octanol–water partition coefficient (Wildman–Crippen LogP) is 3.77. The van der Waals surface area contributed by atoms with Crippen LogP contribution in [0.1, 0.15) is 37.7 Å². The van der Waals surface area contributed by atoms with Crippen LogP contribution in [0.25, 0.3) is 0 Å². The molecular formula is C17H23NO. The molecule has 1 fully saturated rings. The molecule has 0 heterocycles. The summed E-state index contributed by atoms with van der Waals surface area (Å²) < 4.78 is 5.23. The quantitative estimate of drug-likeness (QED) is 0.745. The molecule has 2 aliphatic rings. The Morgan fingerprint density at radius 1 is 1.16 bits per heavy atom. The first kappa shape index (κ1) is 12.7. The average molecular weight is 257 g/mol. The van der Waals surface area contributed by atoms with E-state index in [-0.39, 0.29) is 0 Å². The smallest absolute Gasteiger partial charge is 0.118 e. The van der Waals surface area contributed by atoms with E-state index in [1.54, 1.807) is 7.11 Å². The molecule has 2 heteroatoms. The molecule has 3 rings (SSSR count). The van der Waals surface area contributed by atoms with Crippen molar-refractivity contribution in [2.24, 2.45) is 0 Å². The molecule has 0 spiro atoms. The molecule has 1 aromatic carbocycles. The highest BCUT2D eigenvalue weighted by atomic mass is 16.5. The van der Waals surface area contributed by atoms with E-state index in [0.717, 1.165) is 18.3 Å². The zero-order valence-corrected chi connectivity index (χ0v) is 11.7. The highest BCUT2D eigenvalue weighted by molar-refractivity contribution is 5.27. The SMILES string of the molecule is COc1ccc(CN(C2C=CCCC2)C2CC2)cc1. The summed E-state index contributed by atoms with van der Waals surface area (Å²) in [7, 11) is 1.72. The molecule has 19 heavy (non-hydrogen) atoms. The van der Waals surface area contributed by atoms with Gasteiger partial charge >= 0.3 is 0 Å². The van der Waals surface area contributed by atoms with E-state index < -0.39 is 0 Å². The van der Waals surface area contributed by atoms with Gasteiger partial charge in [-0.1, -0.05) is 24.3 Å². The van der Waals surface area contributed by atoms with Gasteiger partial charge in [-0.2, -0.15) is 0 Å². The van der Waals surface area contributed by atoms with Crippen molar-refractivity contribution in [2.45, 2.75) is 50.7 Å². The summed E-state index contributed by atoms with van der Waals surface area (Å²) in [5.74, 6) is 0.944. The van der Waals surface area contributed by atoms with Gasteiger partial charge in [0.2, 0.25) is 0 Å². The van der Waals surface area contributed by atoms with E-state index in [1.807, 2.05) is 0 Å². The lowest BCUT2D eigenvalue weighted by molar-refractivity contribution is 0.194. The second-order valence-electron chi connectivity index (χ2n) is 5.68. The van der Waals surface area contributed by atoms with Crippen molar-refractivity contribution in [1.82, 2.24) is 4.90 Å². The van der Waals surface area contributed by atoms with Gasteiger partial charge in [-0.05, 0) is 49.8 Å². The summed E-state index contributed by atoms with van der Waals surface area (Å²) in [4.78, 5) is 2.69. The van der Waals surface area contributed by atoms with Crippen molar-refractivity contribution in [3.8, 4) is 5.75 Å². The molecule has 2 nitrogen and oxygen atoms in total. The third-order valence-corrected chi connectivity index (χ3v) is 4.19. The Hall–Kier alpha value is -1.28. The Morgan fingerprint density at radius 3 is 2.53 bits per heavy atom. The lowest BCUT2D eigenvalue weighted by atomic mass is 10.0. The fourth-order valence-corrected chi connectivity index (χ4v) is 2.94. The van der Waals surface area contributed by atoms with E-state index in [1.165, 1.54) is 37.7 Å². The number of benzene rings is 1. The molecule has 0 saturated heterocycles. The Bertz CT molecular complexity index is 433. The summed E-state index contributed by atoms with van der Waals surface area (Å²) in [5, 5.41) is 0. The van der Waals surface area contributed by atoms with E-state index in [2.05, 4.69) is 41.3 Å². The summed E-state index contributed by atoms with van der Waals surface area (Å²) in [6, 6.07) is 9.99. The van der Waals surface area contributed by atoms with Crippen LogP contribution in [0.2, 0.25) is 0 Å². The first-order chi connectivity index (χ1) is 9.36. The Balaban J connectivity index is 1.69. The maximum absolute atomic E-state index is 5.23. The monoisotopic (exact) mass is 257 g/mol. The van der Waals surface area contributed by atoms with Crippen molar-refractivity contribution < 1.29 is 4.74 Å². The van der Waals surface area contributed by atoms with E-state index >= 15 is 0 Å². The van der Waals surface area contributed by atoms with Crippen LogP contribution in [0.3, 0.4) is 0 Å². The molecule has 102 valence electrons. The van der Waals surface area contributed by atoms with Crippen molar-refractivity contribution in [3.05, 3.63) is 42.0 Å². The van der Waals surface area contributed by atoms with Gasteiger partial charge in [0.1, 0.15) is 5.75 Å². The van der Waals surface area contributed by atoms with Crippen molar-refractivity contribution >= 4 is 0 Å². The zero-order chi connectivity index (χ0) is 13.1. The summed E-state index contributed by atoms with van der Waals surface area (Å²) in [5.41, 5.74) is 1.40. The largest absolute Gasteiger partial charge is 0.497 e. The second-order valence-corrected chi connectivity index (χ2v) is 5.68. The van der Waals surface area contributed by atoms with Gasteiger partial charge in [-0.3, -0.25) is 4.90 Å². The van der Waals surface area contributed by atoms with Gasteiger partial charge in [0.25, 0.3) is 0 Å². The molecule has 0 N–H and O–H groups in total. The lowest BCUT2D eigenvalue weighted by Crippen LogP contribution is -2.36. The Kier molecular flexibility index (Phi) is 3.88. The number of nitrogens with zero attached hydrogens (tertiary/aromatic N) is 1. The molecule has 0 aromatic heterocycles. The van der Waals surface area contributed by atoms with E-state index in [0.29, 0.717) is 6.04 Å². The van der Waals surface area contributed by atoms with Gasteiger partial charge in [-0.15, -0.1) is 0 Å². The minimum atomic E-state index is 0.656. The predicted molar refractivity (Wildman–Crippen MR) is 78.3 cm³/mol. The fourth-order valence-electron chi connectivity index (χ4n) is 2.94. The van der Waals surface area contributed by atoms with E-state index in [4.69, 9.17) is 4.74 Å². The van der Waals surface area contributed by atoms with E-state index in [9.17, 15) is 0 Å². The van der Waals surface area contributed by atoms with Crippen LogP contribution >= 0.6 is 0 Å². The first-order valence-electron chi connectivity index (χ1n) is 7.42. The zero-order valence-electron chi connectivity index (χ0n) is 11.7. The molecule has 1 unspecified atom stereocenters. The van der Waals surface area contributed by atoms with Gasteiger partial charge in [0, 0.05) is 18.6 Å². The highest BCUT2D eigenvalue weighted by Gasteiger charge is 2.33. The summed E-state index contributed by atoms with van der Waals surface area (Å²) in [6.45, 7) is 1.07. The van der Waals surface area contributed by atoms with Crippen LogP contribution in [0.5, 0.6) is 5.75 Å². The number of hydrogen-bond acceptors (Lipinski definition) is 2. The van der Waals surface area contributed by atoms with Gasteiger partial charge in [0.15, 0.2) is 0 Å². The lowest BCUT2D eigenvalue weighted by Gasteiger charge is -2.31. The minimum absolute atomic E-state index is 0.656. The summed E-state index contributed by atoms with van der Waals surface area (Å²) in [6.07, 6.45) is 11.5. The molecule has 1 aromatic rings. The normalized spacial score (nSPS) is 22.7. The van der Waals surface area contributed by atoms with Gasteiger partial charge < -0.3 is 4.74 Å². The van der Waals surface area contributed by atoms with Crippen LogP contribution in [-0.4, -0.2) is 24.1 Å². The molecule has 2 aliphatic carbocycles. The minimum Gasteiger partial charge on any atom is -0.497 e. The van der Waals surface area contributed by atoms with Crippen LogP contribution in [-0.2, 0) is 6.54 Å². The Labute approximate surface area is 116 Å². The molecule has 1 saturated carbocycles. The molecule has 1 atom stereocenters. The maximum atomic E-state index is 5.23. The summed E-state index contributed by atoms with van der Waals surface area (Å²) >= 11 is 0. The van der Waals surface area contributed by atoms with Crippen LogP contribution < -0.4 is 4.74 Å².